The van der Waals surface area contributed by atoms with Gasteiger partial charge >= 0.3 is 0 Å². The van der Waals surface area contributed by atoms with E-state index in [-0.39, 0.29) is 30.4 Å². The number of piperazine rings is 1. The van der Waals surface area contributed by atoms with E-state index in [4.69, 9.17) is 0 Å². The zero-order valence-electron chi connectivity index (χ0n) is 10.0. The van der Waals surface area contributed by atoms with Gasteiger partial charge in [-0.1, -0.05) is 19.8 Å². The molecule has 0 bridgehead atoms. The largest absolute Gasteiger partial charge is 0.343 e. The molecule has 0 aromatic rings. The van der Waals surface area contributed by atoms with Crippen molar-refractivity contribution >= 4 is 11.8 Å². The van der Waals surface area contributed by atoms with Crippen molar-refractivity contribution in [1.82, 2.24) is 10.2 Å². The minimum absolute atomic E-state index is 0.0228. The van der Waals surface area contributed by atoms with Gasteiger partial charge in [0, 0.05) is 6.04 Å². The highest BCUT2D eigenvalue weighted by molar-refractivity contribution is 5.94. The Kier molecular flexibility index (Phi) is 3.17. The highest BCUT2D eigenvalue weighted by Crippen LogP contribution is 2.28. The van der Waals surface area contributed by atoms with Crippen LogP contribution >= 0.6 is 0 Å². The van der Waals surface area contributed by atoms with Crippen LogP contribution in [0.25, 0.3) is 0 Å². The quantitative estimate of drug-likeness (QED) is 0.720. The summed E-state index contributed by atoms with van der Waals surface area (Å²) < 4.78 is 0. The van der Waals surface area contributed by atoms with Crippen LogP contribution in [-0.2, 0) is 9.59 Å². The summed E-state index contributed by atoms with van der Waals surface area (Å²) >= 11 is 0. The number of amides is 2. The summed E-state index contributed by atoms with van der Waals surface area (Å²) in [5.41, 5.74) is 0. The van der Waals surface area contributed by atoms with Crippen LogP contribution in [-0.4, -0.2) is 35.3 Å². The van der Waals surface area contributed by atoms with Gasteiger partial charge in [0.05, 0.1) is 6.54 Å². The standard InChI is InChI=1S/C12H20N2O2/c1-8-4-3-5-10(6-8)14-7-11(15)13-9(2)12(14)16/h8-10H,3-7H2,1-2H3,(H,13,15). The Labute approximate surface area is 96.4 Å². The number of nitrogens with zero attached hydrogens (tertiary/aromatic N) is 1. The van der Waals surface area contributed by atoms with E-state index < -0.39 is 0 Å². The van der Waals surface area contributed by atoms with E-state index in [9.17, 15) is 9.59 Å². The fourth-order valence-electron chi connectivity index (χ4n) is 2.82. The van der Waals surface area contributed by atoms with Crippen molar-refractivity contribution < 1.29 is 9.59 Å². The molecule has 1 N–H and O–H groups in total. The van der Waals surface area contributed by atoms with Crippen LogP contribution in [0.1, 0.15) is 39.5 Å². The molecule has 90 valence electrons. The Morgan fingerprint density at radius 2 is 2.00 bits per heavy atom. The average Bonchev–Trinajstić information content (AvgIpc) is 2.23. The summed E-state index contributed by atoms with van der Waals surface area (Å²) in [4.78, 5) is 25.2. The van der Waals surface area contributed by atoms with Crippen LogP contribution in [0.15, 0.2) is 0 Å². The molecule has 1 heterocycles. The first-order valence-corrected chi connectivity index (χ1v) is 6.17. The lowest BCUT2D eigenvalue weighted by molar-refractivity contribution is -0.147. The van der Waals surface area contributed by atoms with Gasteiger partial charge in [-0.25, -0.2) is 0 Å². The highest BCUT2D eigenvalue weighted by atomic mass is 16.2. The van der Waals surface area contributed by atoms with Gasteiger partial charge in [0.15, 0.2) is 0 Å². The lowest BCUT2D eigenvalue weighted by atomic mass is 9.85. The van der Waals surface area contributed by atoms with Crippen molar-refractivity contribution in [1.29, 1.82) is 0 Å². The maximum absolute atomic E-state index is 12.0. The topological polar surface area (TPSA) is 49.4 Å². The molecule has 0 spiro atoms. The molecule has 4 nitrogen and oxygen atoms in total. The zero-order chi connectivity index (χ0) is 11.7. The third-order valence-corrected chi connectivity index (χ3v) is 3.69. The Hall–Kier alpha value is -1.06. The molecule has 1 saturated heterocycles. The predicted molar refractivity (Wildman–Crippen MR) is 60.7 cm³/mol. The molecule has 16 heavy (non-hydrogen) atoms. The summed E-state index contributed by atoms with van der Waals surface area (Å²) in [6, 6.07) is -0.0665. The number of carbonyl (C=O) groups is 2. The fourth-order valence-corrected chi connectivity index (χ4v) is 2.82. The molecule has 2 amide bonds. The monoisotopic (exact) mass is 224 g/mol. The lowest BCUT2D eigenvalue weighted by Gasteiger charge is -2.40. The number of nitrogens with one attached hydrogen (secondary N) is 1. The summed E-state index contributed by atoms with van der Waals surface area (Å²) in [5, 5.41) is 2.68. The van der Waals surface area contributed by atoms with Gasteiger partial charge < -0.3 is 10.2 Å². The van der Waals surface area contributed by atoms with Crippen molar-refractivity contribution in [3.05, 3.63) is 0 Å². The third kappa shape index (κ3) is 2.20. The maximum Gasteiger partial charge on any atom is 0.245 e. The van der Waals surface area contributed by atoms with Gasteiger partial charge in [-0.05, 0) is 25.7 Å². The van der Waals surface area contributed by atoms with Crippen molar-refractivity contribution in [3.8, 4) is 0 Å². The Morgan fingerprint density at radius 3 is 2.69 bits per heavy atom. The van der Waals surface area contributed by atoms with E-state index in [1.165, 1.54) is 12.8 Å². The fraction of sp³-hybridized carbons (Fsp3) is 0.833. The second-order valence-corrected chi connectivity index (χ2v) is 5.18. The van der Waals surface area contributed by atoms with Crippen LogP contribution < -0.4 is 5.32 Å². The third-order valence-electron chi connectivity index (χ3n) is 3.69. The second-order valence-electron chi connectivity index (χ2n) is 5.18. The first-order valence-electron chi connectivity index (χ1n) is 6.17. The molecule has 0 aromatic carbocycles. The maximum atomic E-state index is 12.0. The first kappa shape index (κ1) is 11.4. The van der Waals surface area contributed by atoms with Crippen LogP contribution in [0.3, 0.4) is 0 Å². The van der Waals surface area contributed by atoms with E-state index in [1.807, 2.05) is 0 Å². The molecule has 1 aliphatic carbocycles. The number of rotatable bonds is 1. The highest BCUT2D eigenvalue weighted by Gasteiger charge is 2.35. The molecule has 0 aromatic heterocycles. The molecule has 3 atom stereocenters. The summed E-state index contributed by atoms with van der Waals surface area (Å²) in [5.74, 6) is 0.732. The molecule has 4 heteroatoms. The molecule has 2 aliphatic rings. The summed E-state index contributed by atoms with van der Waals surface area (Å²) in [6.45, 7) is 4.24. The van der Waals surface area contributed by atoms with E-state index in [0.29, 0.717) is 5.92 Å². The smallest absolute Gasteiger partial charge is 0.245 e. The van der Waals surface area contributed by atoms with Gasteiger partial charge in [0.2, 0.25) is 11.8 Å². The minimum atomic E-state index is -0.349. The summed E-state index contributed by atoms with van der Waals surface area (Å²) in [7, 11) is 0. The van der Waals surface area contributed by atoms with E-state index >= 15 is 0 Å². The predicted octanol–water partition coefficient (Wildman–Crippen LogP) is 0.912. The molecule has 0 radical (unpaired) electrons. The van der Waals surface area contributed by atoms with Crippen molar-refractivity contribution in [2.45, 2.75) is 51.6 Å². The molecule has 2 rings (SSSR count). The molecule has 1 saturated carbocycles. The van der Waals surface area contributed by atoms with Gasteiger partial charge in [-0.2, -0.15) is 0 Å². The van der Waals surface area contributed by atoms with Crippen molar-refractivity contribution in [3.63, 3.8) is 0 Å². The van der Waals surface area contributed by atoms with Gasteiger partial charge in [0.1, 0.15) is 6.04 Å². The van der Waals surface area contributed by atoms with Crippen LogP contribution in [0, 0.1) is 5.92 Å². The van der Waals surface area contributed by atoms with E-state index in [2.05, 4.69) is 12.2 Å². The number of carbonyl (C=O) groups excluding carboxylic acids is 2. The Balaban J connectivity index is 2.06. The van der Waals surface area contributed by atoms with Crippen LogP contribution in [0.2, 0.25) is 0 Å². The lowest BCUT2D eigenvalue weighted by Crippen LogP contribution is -2.60. The van der Waals surface area contributed by atoms with Gasteiger partial charge in [-0.3, -0.25) is 9.59 Å². The van der Waals surface area contributed by atoms with Crippen molar-refractivity contribution in [2.75, 3.05) is 6.54 Å². The number of hydrogen-bond donors (Lipinski definition) is 1. The second kappa shape index (κ2) is 4.44. The van der Waals surface area contributed by atoms with Gasteiger partial charge in [0.25, 0.3) is 0 Å². The van der Waals surface area contributed by atoms with Crippen molar-refractivity contribution in [2.24, 2.45) is 5.92 Å². The number of hydrogen-bond acceptors (Lipinski definition) is 2. The molecular formula is C12H20N2O2. The normalized spacial score (nSPS) is 36.1. The van der Waals surface area contributed by atoms with E-state index in [1.54, 1.807) is 11.8 Å². The Morgan fingerprint density at radius 1 is 1.25 bits per heavy atom. The SMILES string of the molecule is CC1CCCC(N2CC(=O)NC(C)C2=O)C1. The first-order chi connectivity index (χ1) is 7.58. The average molecular weight is 224 g/mol. The Bertz CT molecular complexity index is 303. The van der Waals surface area contributed by atoms with Gasteiger partial charge in [-0.15, -0.1) is 0 Å². The molecule has 1 aliphatic heterocycles. The molecule has 3 unspecified atom stereocenters. The summed E-state index contributed by atoms with van der Waals surface area (Å²) in [6.07, 6.45) is 4.52. The van der Waals surface area contributed by atoms with Crippen LogP contribution in [0.5, 0.6) is 0 Å². The zero-order valence-corrected chi connectivity index (χ0v) is 10.0. The molecular weight excluding hydrogens is 204 g/mol. The van der Waals surface area contributed by atoms with Crippen LogP contribution in [0.4, 0.5) is 0 Å². The molecule has 2 fully saturated rings. The minimum Gasteiger partial charge on any atom is -0.343 e. The van der Waals surface area contributed by atoms with E-state index in [0.717, 1.165) is 12.8 Å².